The van der Waals surface area contributed by atoms with Crippen LogP contribution in [0.15, 0.2) is 35.3 Å². The van der Waals surface area contributed by atoms with Crippen LogP contribution >= 0.6 is 22.9 Å². The Balaban J connectivity index is 1.71. The highest BCUT2D eigenvalue weighted by Gasteiger charge is 2.04. The van der Waals surface area contributed by atoms with Gasteiger partial charge in [0.15, 0.2) is 0 Å². The van der Waals surface area contributed by atoms with Crippen LogP contribution in [0.4, 0.5) is 0 Å². The summed E-state index contributed by atoms with van der Waals surface area (Å²) < 4.78 is 0. The lowest BCUT2D eigenvalue weighted by Gasteiger charge is -2.01. The van der Waals surface area contributed by atoms with Crippen LogP contribution in [0.1, 0.15) is 11.3 Å². The Kier molecular flexibility index (Phi) is 3.32. The summed E-state index contributed by atoms with van der Waals surface area (Å²) in [4.78, 5) is 7.47. The third-order valence-electron chi connectivity index (χ3n) is 2.83. The largest absolute Gasteiger partial charge is 0.361 e. The molecule has 0 radical (unpaired) electrons. The molecule has 0 bridgehead atoms. The van der Waals surface area contributed by atoms with Gasteiger partial charge in [-0.15, -0.1) is 11.3 Å². The van der Waals surface area contributed by atoms with E-state index in [9.17, 15) is 0 Å². The lowest BCUT2D eigenvalue weighted by atomic mass is 10.2. The van der Waals surface area contributed by atoms with Crippen molar-refractivity contribution < 1.29 is 0 Å². The van der Waals surface area contributed by atoms with Gasteiger partial charge in [-0.05, 0) is 17.7 Å². The number of hydrogen-bond acceptors (Lipinski definition) is 3. The average molecular weight is 278 g/mol. The second kappa shape index (κ2) is 5.10. The number of H-pyrrole nitrogens is 1. The lowest BCUT2D eigenvalue weighted by molar-refractivity contribution is 0.685. The van der Waals surface area contributed by atoms with Crippen molar-refractivity contribution in [3.8, 4) is 0 Å². The van der Waals surface area contributed by atoms with Gasteiger partial charge in [0.1, 0.15) is 0 Å². The number of aromatic nitrogens is 2. The highest BCUT2D eigenvalue weighted by molar-refractivity contribution is 7.07. The summed E-state index contributed by atoms with van der Waals surface area (Å²) in [5, 5.41) is 7.41. The maximum Gasteiger partial charge on any atom is 0.0795 e. The van der Waals surface area contributed by atoms with Gasteiger partial charge in [-0.1, -0.05) is 17.7 Å². The average Bonchev–Trinajstić information content (AvgIpc) is 2.99. The van der Waals surface area contributed by atoms with Crippen LogP contribution in [0.25, 0.3) is 10.9 Å². The summed E-state index contributed by atoms with van der Waals surface area (Å²) in [5.74, 6) is 0. The lowest BCUT2D eigenvalue weighted by Crippen LogP contribution is -2.12. The van der Waals surface area contributed by atoms with E-state index in [0.717, 1.165) is 29.3 Å². The van der Waals surface area contributed by atoms with Gasteiger partial charge in [0.05, 0.1) is 11.2 Å². The third kappa shape index (κ3) is 2.41. The molecular formula is C13H12ClN3S. The Morgan fingerprint density at radius 3 is 3.11 bits per heavy atom. The Morgan fingerprint density at radius 2 is 2.28 bits per heavy atom. The smallest absolute Gasteiger partial charge is 0.0795 e. The van der Waals surface area contributed by atoms with E-state index in [1.165, 1.54) is 10.9 Å². The first-order valence-electron chi connectivity index (χ1n) is 5.66. The van der Waals surface area contributed by atoms with E-state index in [1.807, 2.05) is 29.9 Å². The van der Waals surface area contributed by atoms with Gasteiger partial charge in [0.25, 0.3) is 0 Å². The van der Waals surface area contributed by atoms with Crippen molar-refractivity contribution in [2.24, 2.45) is 0 Å². The van der Waals surface area contributed by atoms with Crippen molar-refractivity contribution in [3.05, 3.63) is 51.6 Å². The normalized spacial score (nSPS) is 11.2. The fourth-order valence-electron chi connectivity index (χ4n) is 1.95. The summed E-state index contributed by atoms with van der Waals surface area (Å²) in [5.41, 5.74) is 5.26. The molecule has 0 amide bonds. The predicted octanol–water partition coefficient (Wildman–Crippen LogP) is 3.57. The van der Waals surface area contributed by atoms with Crippen LogP contribution in [-0.4, -0.2) is 9.97 Å². The van der Waals surface area contributed by atoms with Crippen LogP contribution < -0.4 is 5.32 Å². The van der Waals surface area contributed by atoms with Crippen LogP contribution in [-0.2, 0) is 13.1 Å². The molecule has 0 saturated carbocycles. The van der Waals surface area contributed by atoms with Gasteiger partial charge in [0, 0.05) is 40.6 Å². The minimum Gasteiger partial charge on any atom is -0.361 e. The SMILES string of the molecule is Clc1ccc2c(CNCc3cscn3)c[nH]c2c1. The summed E-state index contributed by atoms with van der Waals surface area (Å²) in [6.45, 7) is 1.61. The zero-order chi connectivity index (χ0) is 12.4. The van der Waals surface area contributed by atoms with E-state index in [0.29, 0.717) is 0 Å². The topological polar surface area (TPSA) is 40.7 Å². The fourth-order valence-corrected chi connectivity index (χ4v) is 2.69. The van der Waals surface area contributed by atoms with Crippen LogP contribution in [0.5, 0.6) is 0 Å². The van der Waals surface area contributed by atoms with E-state index in [2.05, 4.69) is 20.7 Å². The molecule has 2 N–H and O–H groups in total. The van der Waals surface area contributed by atoms with Crippen molar-refractivity contribution in [1.29, 1.82) is 0 Å². The Labute approximate surface area is 114 Å². The van der Waals surface area contributed by atoms with E-state index in [1.54, 1.807) is 11.3 Å². The Morgan fingerprint density at radius 1 is 1.33 bits per heavy atom. The van der Waals surface area contributed by atoms with Gasteiger partial charge in [0.2, 0.25) is 0 Å². The number of thiazole rings is 1. The predicted molar refractivity (Wildman–Crippen MR) is 76.0 cm³/mol. The number of benzene rings is 1. The molecule has 0 spiro atoms. The van der Waals surface area contributed by atoms with E-state index >= 15 is 0 Å². The van der Waals surface area contributed by atoms with Crippen LogP contribution in [0.2, 0.25) is 5.02 Å². The molecule has 5 heteroatoms. The van der Waals surface area contributed by atoms with E-state index in [-0.39, 0.29) is 0 Å². The Hall–Kier alpha value is -1.36. The standard InChI is InChI=1S/C13H12ClN3S/c14-10-1-2-12-9(5-16-13(12)3-10)4-15-6-11-7-18-8-17-11/h1-3,5,7-8,15-16H,4,6H2. The zero-order valence-electron chi connectivity index (χ0n) is 9.61. The second-order valence-electron chi connectivity index (χ2n) is 4.09. The summed E-state index contributed by atoms with van der Waals surface area (Å²) in [6, 6.07) is 5.91. The number of rotatable bonds is 4. The van der Waals surface area contributed by atoms with Gasteiger partial charge < -0.3 is 10.3 Å². The first-order valence-corrected chi connectivity index (χ1v) is 6.98. The van der Waals surface area contributed by atoms with Gasteiger partial charge >= 0.3 is 0 Å². The van der Waals surface area contributed by atoms with Crippen molar-refractivity contribution in [3.63, 3.8) is 0 Å². The summed E-state index contributed by atoms with van der Waals surface area (Å²) in [7, 11) is 0. The maximum atomic E-state index is 5.96. The number of nitrogens with one attached hydrogen (secondary N) is 2. The molecular weight excluding hydrogens is 266 g/mol. The Bertz CT molecular complexity index is 645. The molecule has 3 aromatic rings. The second-order valence-corrected chi connectivity index (χ2v) is 5.24. The molecule has 3 nitrogen and oxygen atoms in total. The molecule has 92 valence electrons. The van der Waals surface area contributed by atoms with Crippen molar-refractivity contribution in [2.45, 2.75) is 13.1 Å². The third-order valence-corrected chi connectivity index (χ3v) is 3.70. The molecule has 0 aliphatic carbocycles. The fraction of sp³-hybridized carbons (Fsp3) is 0.154. The van der Waals surface area contributed by atoms with Gasteiger partial charge in [-0.2, -0.15) is 0 Å². The van der Waals surface area contributed by atoms with Crippen molar-refractivity contribution >= 4 is 33.8 Å². The first-order chi connectivity index (χ1) is 8.83. The zero-order valence-corrected chi connectivity index (χ0v) is 11.2. The molecule has 0 saturated heterocycles. The van der Waals surface area contributed by atoms with Gasteiger partial charge in [-0.3, -0.25) is 0 Å². The van der Waals surface area contributed by atoms with E-state index in [4.69, 9.17) is 11.6 Å². The molecule has 2 aromatic heterocycles. The quantitative estimate of drug-likeness (QED) is 0.765. The van der Waals surface area contributed by atoms with E-state index < -0.39 is 0 Å². The van der Waals surface area contributed by atoms with Crippen molar-refractivity contribution in [2.75, 3.05) is 0 Å². The molecule has 3 rings (SSSR count). The molecule has 0 aliphatic rings. The molecule has 0 fully saturated rings. The molecule has 1 aromatic carbocycles. The minimum absolute atomic E-state index is 0.756. The first kappa shape index (κ1) is 11.7. The number of hydrogen-bond donors (Lipinski definition) is 2. The summed E-state index contributed by atoms with van der Waals surface area (Å²) >= 11 is 7.58. The maximum absolute atomic E-state index is 5.96. The number of nitrogens with zero attached hydrogens (tertiary/aromatic N) is 1. The van der Waals surface area contributed by atoms with Crippen molar-refractivity contribution in [1.82, 2.24) is 15.3 Å². The summed E-state index contributed by atoms with van der Waals surface area (Å²) in [6.07, 6.45) is 2.02. The van der Waals surface area contributed by atoms with Crippen LogP contribution in [0.3, 0.4) is 0 Å². The molecule has 18 heavy (non-hydrogen) atoms. The molecule has 0 atom stereocenters. The minimum atomic E-state index is 0.756. The van der Waals surface area contributed by atoms with Gasteiger partial charge in [-0.25, -0.2) is 4.98 Å². The number of halogens is 1. The molecule has 0 unspecified atom stereocenters. The molecule has 0 aliphatic heterocycles. The highest BCUT2D eigenvalue weighted by atomic mass is 35.5. The highest BCUT2D eigenvalue weighted by Crippen LogP contribution is 2.21. The number of fused-ring (bicyclic) bond motifs is 1. The van der Waals surface area contributed by atoms with Crippen LogP contribution in [0, 0.1) is 0 Å². The number of aromatic amines is 1. The monoisotopic (exact) mass is 277 g/mol. The molecule has 2 heterocycles.